The summed E-state index contributed by atoms with van der Waals surface area (Å²) in [5.74, 6) is -2.97. The third-order valence-corrected chi connectivity index (χ3v) is 5.43. The van der Waals surface area contributed by atoms with Crippen LogP contribution >= 0.6 is 11.3 Å². The number of nitrogens with two attached hydrogens (primary N) is 1. The van der Waals surface area contributed by atoms with E-state index in [0.717, 1.165) is 16.2 Å². The molecule has 2 aromatic carbocycles. The molecule has 3 amide bonds. The molecule has 1 aliphatic rings. The topological polar surface area (TPSA) is 118 Å². The number of amides is 3. The molecule has 1 aliphatic heterocycles. The van der Waals surface area contributed by atoms with Crippen molar-refractivity contribution < 1.29 is 24.3 Å². The quantitative estimate of drug-likeness (QED) is 0.662. The van der Waals surface area contributed by atoms with Crippen LogP contribution in [0.2, 0.25) is 0 Å². The van der Waals surface area contributed by atoms with Gasteiger partial charge in [0.1, 0.15) is 10.6 Å². The number of fused-ring (bicyclic) bond motifs is 1. The number of aromatic carboxylic acids is 1. The normalized spacial score (nSPS) is 12.9. The largest absolute Gasteiger partial charge is 0.478 e. The van der Waals surface area contributed by atoms with E-state index < -0.39 is 23.7 Å². The molecular formula is C20H12N2O5S. The molecule has 0 bridgehead atoms. The van der Waals surface area contributed by atoms with Crippen LogP contribution in [-0.2, 0) is 0 Å². The van der Waals surface area contributed by atoms with Gasteiger partial charge < -0.3 is 10.8 Å². The Balaban J connectivity index is 1.83. The van der Waals surface area contributed by atoms with Gasteiger partial charge in [-0.1, -0.05) is 24.3 Å². The van der Waals surface area contributed by atoms with Crippen LogP contribution in [0.5, 0.6) is 0 Å². The van der Waals surface area contributed by atoms with E-state index in [1.807, 2.05) is 0 Å². The SMILES string of the molecule is NC(=O)c1ccc(-c2csc(N3C(=O)c4ccccc4C3=O)c2C(=O)O)cc1. The van der Waals surface area contributed by atoms with Gasteiger partial charge in [0.05, 0.1) is 11.1 Å². The summed E-state index contributed by atoms with van der Waals surface area (Å²) in [4.78, 5) is 49.5. The fourth-order valence-electron chi connectivity index (χ4n) is 3.12. The summed E-state index contributed by atoms with van der Waals surface area (Å²) in [5.41, 5.74) is 6.73. The van der Waals surface area contributed by atoms with Gasteiger partial charge in [0.2, 0.25) is 5.91 Å². The first kappa shape index (κ1) is 17.6. The molecule has 0 unspecified atom stereocenters. The molecule has 4 rings (SSSR count). The number of hydrogen-bond acceptors (Lipinski definition) is 5. The van der Waals surface area contributed by atoms with Gasteiger partial charge in [-0.25, -0.2) is 9.69 Å². The van der Waals surface area contributed by atoms with Crippen LogP contribution in [-0.4, -0.2) is 28.8 Å². The van der Waals surface area contributed by atoms with Gasteiger partial charge >= 0.3 is 5.97 Å². The smallest absolute Gasteiger partial charge is 0.339 e. The first-order valence-corrected chi connectivity index (χ1v) is 9.01. The second kappa shape index (κ2) is 6.43. The molecule has 3 N–H and O–H groups in total. The molecule has 0 saturated heterocycles. The van der Waals surface area contributed by atoms with E-state index in [4.69, 9.17) is 5.73 Å². The summed E-state index contributed by atoms with van der Waals surface area (Å²) < 4.78 is 0. The van der Waals surface area contributed by atoms with Gasteiger partial charge in [0.15, 0.2) is 0 Å². The van der Waals surface area contributed by atoms with Gasteiger partial charge in [-0.05, 0) is 29.8 Å². The number of thiophene rings is 1. The van der Waals surface area contributed by atoms with Crippen molar-refractivity contribution in [1.29, 1.82) is 0 Å². The highest BCUT2D eigenvalue weighted by molar-refractivity contribution is 7.15. The van der Waals surface area contributed by atoms with Crippen LogP contribution < -0.4 is 10.6 Å². The van der Waals surface area contributed by atoms with Gasteiger partial charge in [-0.2, -0.15) is 0 Å². The Morgan fingerprint density at radius 3 is 1.96 bits per heavy atom. The standard InChI is InChI=1S/C20H12N2O5S/c21-16(23)11-7-5-10(6-8-11)14-9-28-19(15(14)20(26)27)22-17(24)12-3-1-2-4-13(12)18(22)25/h1-9H,(H2,21,23)(H,26,27). The first-order chi connectivity index (χ1) is 13.4. The molecule has 0 saturated carbocycles. The fraction of sp³-hybridized carbons (Fsp3) is 0. The number of nitrogens with zero attached hydrogens (tertiary/aromatic N) is 1. The zero-order chi connectivity index (χ0) is 20.0. The van der Waals surface area contributed by atoms with Crippen LogP contribution in [0.25, 0.3) is 11.1 Å². The summed E-state index contributed by atoms with van der Waals surface area (Å²) in [6, 6.07) is 12.5. The average Bonchev–Trinajstić information content (AvgIpc) is 3.22. The molecule has 3 aromatic rings. The highest BCUT2D eigenvalue weighted by Crippen LogP contribution is 2.41. The Hall–Kier alpha value is -3.78. The third-order valence-electron chi connectivity index (χ3n) is 4.46. The monoisotopic (exact) mass is 392 g/mol. The first-order valence-electron chi connectivity index (χ1n) is 8.13. The van der Waals surface area contributed by atoms with Crippen LogP contribution in [0.3, 0.4) is 0 Å². The maximum Gasteiger partial charge on any atom is 0.339 e. The lowest BCUT2D eigenvalue weighted by molar-refractivity contribution is 0.0699. The van der Waals surface area contributed by atoms with E-state index in [1.54, 1.807) is 29.6 Å². The van der Waals surface area contributed by atoms with Gasteiger partial charge in [0.25, 0.3) is 11.8 Å². The molecule has 0 fully saturated rings. The lowest BCUT2D eigenvalue weighted by Crippen LogP contribution is -2.30. The molecule has 0 aliphatic carbocycles. The molecule has 28 heavy (non-hydrogen) atoms. The second-order valence-electron chi connectivity index (χ2n) is 6.07. The van der Waals surface area contributed by atoms with Gasteiger partial charge in [0, 0.05) is 16.5 Å². The van der Waals surface area contributed by atoms with Crippen LogP contribution in [0.15, 0.2) is 53.9 Å². The van der Waals surface area contributed by atoms with Crippen molar-refractivity contribution in [2.45, 2.75) is 0 Å². The zero-order valence-corrected chi connectivity index (χ0v) is 15.0. The third kappa shape index (κ3) is 2.58. The minimum atomic E-state index is -1.26. The lowest BCUT2D eigenvalue weighted by atomic mass is 10.0. The number of rotatable bonds is 4. The van der Waals surface area contributed by atoms with Gasteiger partial charge in [-0.3, -0.25) is 14.4 Å². The summed E-state index contributed by atoms with van der Waals surface area (Å²) >= 11 is 0.997. The minimum absolute atomic E-state index is 0.0488. The van der Waals surface area contributed by atoms with E-state index in [-0.39, 0.29) is 27.3 Å². The van der Waals surface area contributed by atoms with Crippen LogP contribution in [0.4, 0.5) is 5.00 Å². The molecule has 2 heterocycles. The average molecular weight is 392 g/mol. The Morgan fingerprint density at radius 2 is 1.46 bits per heavy atom. The molecule has 1 aromatic heterocycles. The summed E-state index contributed by atoms with van der Waals surface area (Å²) in [7, 11) is 0. The fourth-order valence-corrected chi connectivity index (χ4v) is 4.19. The van der Waals surface area contributed by atoms with E-state index in [2.05, 4.69) is 0 Å². The van der Waals surface area contributed by atoms with Crippen molar-refractivity contribution in [3.63, 3.8) is 0 Å². The predicted molar refractivity (Wildman–Crippen MR) is 103 cm³/mol. The van der Waals surface area contributed by atoms with E-state index in [1.165, 1.54) is 24.3 Å². The number of anilines is 1. The molecule has 8 heteroatoms. The van der Waals surface area contributed by atoms with Crippen molar-refractivity contribution in [3.8, 4) is 11.1 Å². The molecule has 138 valence electrons. The van der Waals surface area contributed by atoms with E-state index >= 15 is 0 Å². The van der Waals surface area contributed by atoms with Crippen molar-refractivity contribution in [3.05, 3.63) is 76.2 Å². The van der Waals surface area contributed by atoms with Crippen molar-refractivity contribution in [2.24, 2.45) is 5.73 Å². The summed E-state index contributed by atoms with van der Waals surface area (Å²) in [6.45, 7) is 0. The Kier molecular flexibility index (Phi) is 4.05. The zero-order valence-electron chi connectivity index (χ0n) is 14.2. The predicted octanol–water partition coefficient (Wildman–Crippen LogP) is 3.01. The number of carbonyl (C=O) groups is 4. The number of carbonyl (C=O) groups excluding carboxylic acids is 3. The number of carboxylic acids is 1. The van der Waals surface area contributed by atoms with Crippen LogP contribution in [0.1, 0.15) is 41.4 Å². The lowest BCUT2D eigenvalue weighted by Gasteiger charge is -2.13. The molecule has 7 nitrogen and oxygen atoms in total. The summed E-state index contributed by atoms with van der Waals surface area (Å²) in [5, 5.41) is 11.4. The molecular weight excluding hydrogens is 380 g/mol. The highest BCUT2D eigenvalue weighted by Gasteiger charge is 2.39. The van der Waals surface area contributed by atoms with Crippen molar-refractivity contribution >= 4 is 40.0 Å². The number of benzene rings is 2. The van der Waals surface area contributed by atoms with Crippen molar-refractivity contribution in [1.82, 2.24) is 0 Å². The number of hydrogen-bond donors (Lipinski definition) is 2. The maximum atomic E-state index is 12.7. The second-order valence-corrected chi connectivity index (χ2v) is 6.93. The highest BCUT2D eigenvalue weighted by atomic mass is 32.1. The van der Waals surface area contributed by atoms with Crippen LogP contribution in [0, 0.1) is 0 Å². The van der Waals surface area contributed by atoms with Crippen molar-refractivity contribution in [2.75, 3.05) is 4.90 Å². The minimum Gasteiger partial charge on any atom is -0.478 e. The molecule has 0 spiro atoms. The summed E-state index contributed by atoms with van der Waals surface area (Å²) in [6.07, 6.45) is 0. The van der Waals surface area contributed by atoms with E-state index in [0.29, 0.717) is 11.1 Å². The molecule has 0 radical (unpaired) electrons. The Morgan fingerprint density at radius 1 is 0.893 bits per heavy atom. The van der Waals surface area contributed by atoms with Gasteiger partial charge in [-0.15, -0.1) is 11.3 Å². The number of carboxylic acid groups (broad SMARTS) is 1. The number of primary amides is 1. The Labute approximate surface area is 162 Å². The van der Waals surface area contributed by atoms with E-state index in [9.17, 15) is 24.3 Å². The maximum absolute atomic E-state index is 12.7. The molecule has 0 atom stereocenters. The number of imide groups is 1. The Bertz CT molecular complexity index is 1130.